The summed E-state index contributed by atoms with van der Waals surface area (Å²) in [6, 6.07) is 34.5. The van der Waals surface area contributed by atoms with E-state index in [2.05, 4.69) is 129 Å². The molecule has 0 bridgehead atoms. The van der Waals surface area contributed by atoms with Crippen LogP contribution in [0.25, 0.3) is 38.6 Å². The molecule has 34 heavy (non-hydrogen) atoms. The van der Waals surface area contributed by atoms with Crippen LogP contribution in [0, 0.1) is 0 Å². The number of hydrogen-bond donors (Lipinski definition) is 0. The Balaban J connectivity index is 1.45. The Morgan fingerprint density at radius 1 is 0.588 bits per heavy atom. The Labute approximate surface area is 201 Å². The second kappa shape index (κ2) is 7.59. The van der Waals surface area contributed by atoms with Crippen molar-refractivity contribution in [3.05, 3.63) is 97.1 Å². The summed E-state index contributed by atoms with van der Waals surface area (Å²) in [4.78, 5) is 0. The van der Waals surface area contributed by atoms with Gasteiger partial charge in [0, 0.05) is 16.3 Å². The van der Waals surface area contributed by atoms with Crippen molar-refractivity contribution < 1.29 is 9.31 Å². The van der Waals surface area contributed by atoms with Gasteiger partial charge in [-0.05, 0) is 56.9 Å². The second-order valence-electron chi connectivity index (χ2n) is 10.1. The van der Waals surface area contributed by atoms with Gasteiger partial charge in [-0.25, -0.2) is 0 Å². The third-order valence-electron chi connectivity index (χ3n) is 7.47. The predicted octanol–water partition coefficient (Wildman–Crippen LogP) is 6.75. The lowest BCUT2D eigenvalue weighted by Gasteiger charge is -2.32. The van der Waals surface area contributed by atoms with Crippen LogP contribution < -0.4 is 5.46 Å². The van der Waals surface area contributed by atoms with E-state index >= 15 is 0 Å². The van der Waals surface area contributed by atoms with Gasteiger partial charge in [0.2, 0.25) is 0 Å². The lowest BCUT2D eigenvalue weighted by Crippen LogP contribution is -2.41. The first-order valence-corrected chi connectivity index (χ1v) is 11.9. The van der Waals surface area contributed by atoms with Crippen LogP contribution in [-0.2, 0) is 9.31 Å². The first-order chi connectivity index (χ1) is 16.4. The first-order valence-electron chi connectivity index (χ1n) is 11.9. The van der Waals surface area contributed by atoms with Gasteiger partial charge >= 0.3 is 7.12 Å². The third kappa shape index (κ3) is 3.21. The summed E-state index contributed by atoms with van der Waals surface area (Å²) in [5, 5.41) is 2.54. The van der Waals surface area contributed by atoms with Crippen LogP contribution in [0.2, 0.25) is 0 Å². The van der Waals surface area contributed by atoms with Crippen molar-refractivity contribution in [3.63, 3.8) is 0 Å². The van der Waals surface area contributed by atoms with Crippen LogP contribution in [0.15, 0.2) is 97.1 Å². The molecule has 5 aromatic rings. The smallest absolute Gasteiger partial charge is 0.399 e. The molecule has 1 fully saturated rings. The predicted molar refractivity (Wildman–Crippen MR) is 142 cm³/mol. The second-order valence-corrected chi connectivity index (χ2v) is 10.1. The van der Waals surface area contributed by atoms with Crippen LogP contribution in [0.1, 0.15) is 27.7 Å². The zero-order chi connectivity index (χ0) is 23.5. The van der Waals surface area contributed by atoms with Crippen LogP contribution >= 0.6 is 0 Å². The maximum atomic E-state index is 6.25. The van der Waals surface area contributed by atoms with E-state index in [1.165, 1.54) is 33.1 Å². The van der Waals surface area contributed by atoms with Gasteiger partial charge in [0.25, 0.3) is 0 Å². The average molecular weight is 445 g/mol. The van der Waals surface area contributed by atoms with Crippen molar-refractivity contribution >= 4 is 34.4 Å². The van der Waals surface area contributed by atoms with Gasteiger partial charge in [-0.3, -0.25) is 0 Å². The molecule has 0 spiro atoms. The molecular weight excluding hydrogens is 417 g/mol. The number of rotatable bonds is 3. The molecule has 0 N–H and O–H groups in total. The SMILES string of the molecule is CC1(C)OB(c2ccc(-c3ccccc3-n3c4ccccc4c4ccccc43)cc2)OC1(C)C. The molecular formula is C30H28BNO2. The minimum Gasteiger partial charge on any atom is -0.399 e. The van der Waals surface area contributed by atoms with Gasteiger partial charge in [-0.15, -0.1) is 0 Å². The Morgan fingerprint density at radius 2 is 1.09 bits per heavy atom. The summed E-state index contributed by atoms with van der Waals surface area (Å²) in [6.07, 6.45) is 0. The fourth-order valence-corrected chi connectivity index (χ4v) is 4.89. The quantitative estimate of drug-likeness (QED) is 0.287. The molecule has 3 nitrogen and oxygen atoms in total. The van der Waals surface area contributed by atoms with Crippen LogP contribution in [0.4, 0.5) is 0 Å². The molecule has 0 aliphatic carbocycles. The molecule has 0 radical (unpaired) electrons. The molecule has 1 aromatic heterocycles. The number of hydrogen-bond acceptors (Lipinski definition) is 2. The van der Waals surface area contributed by atoms with Gasteiger partial charge in [0.1, 0.15) is 0 Å². The highest BCUT2D eigenvalue weighted by Gasteiger charge is 2.51. The van der Waals surface area contributed by atoms with Crippen molar-refractivity contribution in [2.24, 2.45) is 0 Å². The first kappa shape index (κ1) is 21.2. The standard InChI is InChI=1S/C30H28BNO2/c1-29(2)30(3,4)34-31(33-29)22-19-17-21(18-20-22)23-11-5-8-14-26(23)32-27-15-9-6-12-24(27)25-13-7-10-16-28(25)32/h5-20H,1-4H3. The summed E-state index contributed by atoms with van der Waals surface area (Å²) in [6.45, 7) is 8.35. The lowest BCUT2D eigenvalue weighted by molar-refractivity contribution is 0.00578. The van der Waals surface area contributed by atoms with Gasteiger partial charge in [-0.1, -0.05) is 78.9 Å². The Hall–Kier alpha value is -3.34. The minimum atomic E-state index is -0.355. The van der Waals surface area contributed by atoms with E-state index in [0.29, 0.717) is 0 Å². The number of fused-ring (bicyclic) bond motifs is 3. The zero-order valence-electron chi connectivity index (χ0n) is 20.1. The van der Waals surface area contributed by atoms with Crippen molar-refractivity contribution in [3.8, 4) is 16.8 Å². The van der Waals surface area contributed by atoms with Gasteiger partial charge < -0.3 is 13.9 Å². The summed E-state index contributed by atoms with van der Waals surface area (Å²) in [7, 11) is -0.355. The zero-order valence-corrected chi connectivity index (χ0v) is 20.1. The molecule has 1 aliphatic heterocycles. The van der Waals surface area contributed by atoms with E-state index in [0.717, 1.165) is 11.0 Å². The molecule has 2 heterocycles. The van der Waals surface area contributed by atoms with Gasteiger partial charge in [0.05, 0.1) is 27.9 Å². The number of benzene rings is 4. The number of nitrogens with zero attached hydrogens (tertiary/aromatic N) is 1. The number of para-hydroxylation sites is 3. The molecule has 0 amide bonds. The normalized spacial score (nSPS) is 17.0. The van der Waals surface area contributed by atoms with E-state index in [1.54, 1.807) is 0 Å². The molecule has 0 unspecified atom stereocenters. The van der Waals surface area contributed by atoms with Gasteiger partial charge in [0.15, 0.2) is 0 Å². The molecule has 4 aromatic carbocycles. The minimum absolute atomic E-state index is 0.348. The summed E-state index contributed by atoms with van der Waals surface area (Å²) in [5.74, 6) is 0. The monoisotopic (exact) mass is 445 g/mol. The summed E-state index contributed by atoms with van der Waals surface area (Å²) >= 11 is 0. The van der Waals surface area contributed by atoms with Crippen LogP contribution in [0.5, 0.6) is 0 Å². The van der Waals surface area contributed by atoms with E-state index in [1.807, 2.05) is 0 Å². The fourth-order valence-electron chi connectivity index (χ4n) is 4.89. The highest BCUT2D eigenvalue weighted by Crippen LogP contribution is 2.38. The van der Waals surface area contributed by atoms with Crippen LogP contribution in [0.3, 0.4) is 0 Å². The van der Waals surface area contributed by atoms with Crippen molar-refractivity contribution in [1.82, 2.24) is 4.57 Å². The van der Waals surface area contributed by atoms with E-state index < -0.39 is 0 Å². The molecule has 0 atom stereocenters. The van der Waals surface area contributed by atoms with E-state index in [9.17, 15) is 0 Å². The maximum Gasteiger partial charge on any atom is 0.494 e. The Bertz CT molecular complexity index is 1450. The highest BCUT2D eigenvalue weighted by molar-refractivity contribution is 6.62. The largest absolute Gasteiger partial charge is 0.494 e. The van der Waals surface area contributed by atoms with Gasteiger partial charge in [-0.2, -0.15) is 0 Å². The third-order valence-corrected chi connectivity index (χ3v) is 7.47. The summed E-state index contributed by atoms with van der Waals surface area (Å²) in [5.41, 5.74) is 6.29. The van der Waals surface area contributed by atoms with Crippen molar-refractivity contribution in [2.75, 3.05) is 0 Å². The summed E-state index contributed by atoms with van der Waals surface area (Å²) < 4.78 is 14.9. The maximum absolute atomic E-state index is 6.25. The fraction of sp³-hybridized carbons (Fsp3) is 0.200. The number of aromatic nitrogens is 1. The topological polar surface area (TPSA) is 23.4 Å². The average Bonchev–Trinajstić information content (AvgIpc) is 3.29. The van der Waals surface area contributed by atoms with Crippen molar-refractivity contribution in [1.29, 1.82) is 0 Å². The Morgan fingerprint density at radius 3 is 1.68 bits per heavy atom. The molecule has 4 heteroatoms. The molecule has 1 saturated heterocycles. The van der Waals surface area contributed by atoms with Crippen LogP contribution in [-0.4, -0.2) is 22.9 Å². The molecule has 6 rings (SSSR count). The highest BCUT2D eigenvalue weighted by atomic mass is 16.7. The Kier molecular flexibility index (Phi) is 4.74. The molecule has 0 saturated carbocycles. The molecule has 1 aliphatic rings. The van der Waals surface area contributed by atoms with E-state index in [4.69, 9.17) is 9.31 Å². The van der Waals surface area contributed by atoms with E-state index in [-0.39, 0.29) is 18.3 Å². The van der Waals surface area contributed by atoms with Crippen molar-refractivity contribution in [2.45, 2.75) is 38.9 Å². The molecule has 168 valence electrons. The lowest BCUT2D eigenvalue weighted by atomic mass is 9.78.